The first-order valence-corrected chi connectivity index (χ1v) is 13.6. The van der Waals surface area contributed by atoms with Crippen LogP contribution in [0, 0.1) is 0 Å². The highest BCUT2D eigenvalue weighted by Gasteiger charge is 2.49. The van der Waals surface area contributed by atoms with Gasteiger partial charge in [0.15, 0.2) is 15.8 Å². The van der Waals surface area contributed by atoms with Crippen LogP contribution in [0.1, 0.15) is 22.9 Å². The van der Waals surface area contributed by atoms with E-state index < -0.39 is 17.7 Å². The molecule has 2 aromatic heterocycles. The molecule has 1 amide bonds. The molecular weight excluding hydrogens is 550 g/mol. The first-order chi connectivity index (χ1) is 18.5. The fourth-order valence-corrected chi connectivity index (χ4v) is 6.13. The Morgan fingerprint density at radius 3 is 2.63 bits per heavy atom. The lowest BCUT2D eigenvalue weighted by Crippen LogP contribution is -2.29. The van der Waals surface area contributed by atoms with Crippen LogP contribution in [0.5, 0.6) is 11.5 Å². The van der Waals surface area contributed by atoms with Gasteiger partial charge in [-0.25, -0.2) is 0 Å². The van der Waals surface area contributed by atoms with E-state index in [-0.39, 0.29) is 16.5 Å². The van der Waals surface area contributed by atoms with E-state index in [4.69, 9.17) is 25.5 Å². The number of anilines is 1. The average molecular weight is 568 g/mol. The van der Waals surface area contributed by atoms with Gasteiger partial charge in [0, 0.05) is 16.3 Å². The average Bonchev–Trinajstić information content (AvgIpc) is 3.68. The lowest BCUT2D eigenvalue weighted by Gasteiger charge is -2.21. The van der Waals surface area contributed by atoms with Crippen LogP contribution in [-0.4, -0.2) is 40.2 Å². The molecule has 4 heterocycles. The highest BCUT2D eigenvalue weighted by molar-refractivity contribution is 8.00. The first-order valence-electron chi connectivity index (χ1n) is 11.4. The number of rotatable bonds is 6. The second-order valence-electron chi connectivity index (χ2n) is 8.31. The Morgan fingerprint density at radius 1 is 1.08 bits per heavy atom. The van der Waals surface area contributed by atoms with Crippen LogP contribution >= 0.6 is 34.7 Å². The monoisotopic (exact) mass is 567 g/mol. The van der Waals surface area contributed by atoms with Gasteiger partial charge in [-0.2, -0.15) is 0 Å². The van der Waals surface area contributed by atoms with Crippen molar-refractivity contribution in [2.24, 2.45) is 0 Å². The summed E-state index contributed by atoms with van der Waals surface area (Å²) >= 11 is 8.58. The van der Waals surface area contributed by atoms with Crippen molar-refractivity contribution in [3.8, 4) is 11.5 Å². The number of Topliss-reactive ketones (excluding diaryl/α,β-unsaturated/α-hetero) is 1. The highest BCUT2D eigenvalue weighted by Crippen LogP contribution is 2.45. The van der Waals surface area contributed by atoms with Crippen molar-refractivity contribution in [3.05, 3.63) is 88.3 Å². The molecule has 1 unspecified atom stereocenters. The molecule has 9 nitrogen and oxygen atoms in total. The third kappa shape index (κ3) is 4.53. The van der Waals surface area contributed by atoms with E-state index in [2.05, 4.69) is 10.2 Å². The molecule has 38 heavy (non-hydrogen) atoms. The molecule has 2 aliphatic rings. The van der Waals surface area contributed by atoms with Gasteiger partial charge < -0.3 is 19.0 Å². The SMILES string of the molecule is O=C1C(=O)N(c2nnc(SCc3ccc(Cl)cc3)s2)C(c2ccco2)/C1=C(\O)c1ccc2c(c1)OCCO2. The number of nitrogens with zero attached hydrogens (tertiary/aromatic N) is 3. The highest BCUT2D eigenvalue weighted by atomic mass is 35.5. The summed E-state index contributed by atoms with van der Waals surface area (Å²) in [5.41, 5.74) is 1.24. The number of ketones is 1. The Labute approximate surface area is 229 Å². The molecule has 2 aliphatic heterocycles. The molecule has 12 heteroatoms. The number of hydrogen-bond acceptors (Lipinski definition) is 10. The Hall–Kier alpha value is -3.80. The number of carbonyl (C=O) groups is 2. The number of aliphatic hydroxyl groups is 1. The molecule has 2 aromatic carbocycles. The van der Waals surface area contributed by atoms with Gasteiger partial charge in [0.2, 0.25) is 5.13 Å². The molecule has 0 bridgehead atoms. The second kappa shape index (κ2) is 10.2. The molecular formula is C26H18ClN3O6S2. The Kier molecular flexibility index (Phi) is 6.56. The standard InChI is InChI=1S/C26H18ClN3O6S2/c27-16-6-3-14(4-7-16)13-37-26-29-28-25(38-26)30-21(18-2-1-9-34-18)20(23(32)24(30)33)22(31)15-5-8-17-19(12-15)36-11-10-35-17/h1-9,12,21,31H,10-11,13H2/b22-20+. The third-order valence-corrected chi connectivity index (χ3v) is 8.33. The molecule has 4 aromatic rings. The maximum absolute atomic E-state index is 13.3. The van der Waals surface area contributed by atoms with Crippen LogP contribution in [-0.2, 0) is 15.3 Å². The van der Waals surface area contributed by atoms with E-state index in [0.29, 0.717) is 51.2 Å². The number of aliphatic hydroxyl groups excluding tert-OH is 1. The third-order valence-electron chi connectivity index (χ3n) is 5.95. The van der Waals surface area contributed by atoms with Gasteiger partial charge in [0.1, 0.15) is 30.8 Å². The van der Waals surface area contributed by atoms with Crippen LogP contribution in [0.4, 0.5) is 5.13 Å². The van der Waals surface area contributed by atoms with Gasteiger partial charge in [-0.05, 0) is 48.0 Å². The number of thioether (sulfide) groups is 1. The summed E-state index contributed by atoms with van der Waals surface area (Å²) < 4.78 is 17.4. The quantitative estimate of drug-likeness (QED) is 0.106. The zero-order chi connectivity index (χ0) is 26.2. The minimum Gasteiger partial charge on any atom is -0.507 e. The number of halogens is 1. The van der Waals surface area contributed by atoms with Gasteiger partial charge in [-0.1, -0.05) is 46.8 Å². The molecule has 1 fully saturated rings. The van der Waals surface area contributed by atoms with Gasteiger partial charge in [-0.15, -0.1) is 10.2 Å². The zero-order valence-corrected chi connectivity index (χ0v) is 21.9. The Balaban J connectivity index is 1.35. The molecule has 0 radical (unpaired) electrons. The number of furan rings is 1. The number of hydrogen-bond donors (Lipinski definition) is 1. The van der Waals surface area contributed by atoms with Crippen LogP contribution in [0.15, 0.2) is 75.2 Å². The predicted octanol–water partition coefficient (Wildman–Crippen LogP) is 5.47. The van der Waals surface area contributed by atoms with Crippen molar-refractivity contribution in [1.82, 2.24) is 10.2 Å². The minimum atomic E-state index is -1.03. The van der Waals surface area contributed by atoms with Crippen molar-refractivity contribution in [1.29, 1.82) is 0 Å². The summed E-state index contributed by atoms with van der Waals surface area (Å²) in [6.07, 6.45) is 1.44. The number of amides is 1. The number of benzene rings is 2. The van der Waals surface area contributed by atoms with E-state index in [0.717, 1.165) is 5.56 Å². The van der Waals surface area contributed by atoms with Crippen LogP contribution in [0.25, 0.3) is 5.76 Å². The van der Waals surface area contributed by atoms with Crippen LogP contribution < -0.4 is 14.4 Å². The minimum absolute atomic E-state index is 0.118. The lowest BCUT2D eigenvalue weighted by atomic mass is 9.99. The normalized spacial score (nSPS) is 18.2. The van der Waals surface area contributed by atoms with Gasteiger partial charge >= 0.3 is 5.91 Å². The zero-order valence-electron chi connectivity index (χ0n) is 19.5. The topological polar surface area (TPSA) is 115 Å². The molecule has 1 saturated heterocycles. The summed E-state index contributed by atoms with van der Waals surface area (Å²) in [4.78, 5) is 27.8. The smallest absolute Gasteiger partial charge is 0.302 e. The van der Waals surface area contributed by atoms with Gasteiger partial charge in [0.05, 0.1) is 11.8 Å². The van der Waals surface area contributed by atoms with E-state index in [1.807, 2.05) is 24.3 Å². The second-order valence-corrected chi connectivity index (χ2v) is 10.9. The van der Waals surface area contributed by atoms with Crippen LogP contribution in [0.2, 0.25) is 5.02 Å². The lowest BCUT2D eigenvalue weighted by molar-refractivity contribution is -0.132. The number of fused-ring (bicyclic) bond motifs is 1. The molecule has 0 saturated carbocycles. The molecule has 6 rings (SSSR count). The van der Waals surface area contributed by atoms with Crippen molar-refractivity contribution in [2.45, 2.75) is 16.1 Å². The summed E-state index contributed by atoms with van der Waals surface area (Å²) in [5, 5.41) is 20.5. The van der Waals surface area contributed by atoms with Crippen molar-refractivity contribution >= 4 is 57.3 Å². The molecule has 0 spiro atoms. The molecule has 192 valence electrons. The number of ether oxygens (including phenoxy) is 2. The first kappa shape index (κ1) is 24.5. The fourth-order valence-electron chi connectivity index (χ4n) is 4.18. The molecule has 1 atom stereocenters. The van der Waals surface area contributed by atoms with E-state index in [1.54, 1.807) is 30.3 Å². The summed E-state index contributed by atoms with van der Waals surface area (Å²) in [6, 6.07) is 14.6. The number of carbonyl (C=O) groups excluding carboxylic acids is 2. The van der Waals surface area contributed by atoms with Crippen molar-refractivity contribution < 1.29 is 28.6 Å². The maximum atomic E-state index is 13.3. The number of aromatic nitrogens is 2. The summed E-state index contributed by atoms with van der Waals surface area (Å²) in [5.74, 6) is -0.153. The Morgan fingerprint density at radius 2 is 1.87 bits per heavy atom. The van der Waals surface area contributed by atoms with Crippen molar-refractivity contribution in [2.75, 3.05) is 18.1 Å². The predicted molar refractivity (Wildman–Crippen MR) is 142 cm³/mol. The van der Waals surface area contributed by atoms with E-state index in [1.165, 1.54) is 34.3 Å². The fraction of sp³-hybridized carbons (Fsp3) is 0.154. The molecule has 0 aliphatic carbocycles. The molecule has 1 N–H and O–H groups in total. The summed E-state index contributed by atoms with van der Waals surface area (Å²) in [6.45, 7) is 0.785. The Bertz CT molecular complexity index is 1550. The van der Waals surface area contributed by atoms with E-state index in [9.17, 15) is 14.7 Å². The van der Waals surface area contributed by atoms with E-state index >= 15 is 0 Å². The van der Waals surface area contributed by atoms with Crippen LogP contribution in [0.3, 0.4) is 0 Å². The summed E-state index contributed by atoms with van der Waals surface area (Å²) in [7, 11) is 0. The van der Waals surface area contributed by atoms with Gasteiger partial charge in [0.25, 0.3) is 5.78 Å². The maximum Gasteiger partial charge on any atom is 0.302 e. The largest absolute Gasteiger partial charge is 0.507 e. The van der Waals surface area contributed by atoms with Gasteiger partial charge in [-0.3, -0.25) is 14.5 Å². The van der Waals surface area contributed by atoms with Crippen molar-refractivity contribution in [3.63, 3.8) is 0 Å².